The van der Waals surface area contributed by atoms with E-state index < -0.39 is 11.7 Å². The number of alkyl halides is 3. The zero-order valence-electron chi connectivity index (χ0n) is 13.5. The number of halogens is 3. The second-order valence-electron chi connectivity index (χ2n) is 5.22. The van der Waals surface area contributed by atoms with Gasteiger partial charge in [-0.05, 0) is 37.3 Å². The zero-order chi connectivity index (χ0) is 18.3. The fourth-order valence-corrected chi connectivity index (χ4v) is 2.01. The van der Waals surface area contributed by atoms with E-state index in [0.29, 0.717) is 5.56 Å². The molecular weight excluding hydrogens is 331 g/mol. The topological polar surface area (TPSA) is 38.3 Å². The standard InChI is InChI=1S/C19H16F3NO2/c1-14-6-4-7-15(12-14)18(24)23-10-2-3-11-25-17-9-5-8-16(13-17)19(20,21)22/h4-9,12-13H,10-11H2,1H3,(H,23,24). The second kappa shape index (κ2) is 8.25. The average molecular weight is 347 g/mol. The van der Waals surface area contributed by atoms with Crippen molar-refractivity contribution in [1.82, 2.24) is 5.32 Å². The highest BCUT2D eigenvalue weighted by atomic mass is 19.4. The Morgan fingerprint density at radius 1 is 1.12 bits per heavy atom. The van der Waals surface area contributed by atoms with Gasteiger partial charge in [0.1, 0.15) is 12.4 Å². The van der Waals surface area contributed by atoms with Crippen LogP contribution in [0.15, 0.2) is 48.5 Å². The van der Waals surface area contributed by atoms with Gasteiger partial charge in [0.15, 0.2) is 0 Å². The third kappa shape index (κ3) is 5.88. The molecule has 3 nitrogen and oxygen atoms in total. The van der Waals surface area contributed by atoms with Crippen LogP contribution in [0.25, 0.3) is 0 Å². The Kier molecular flexibility index (Phi) is 6.07. The molecule has 0 heterocycles. The molecule has 1 amide bonds. The average Bonchev–Trinajstić information content (AvgIpc) is 2.57. The molecular formula is C19H16F3NO2. The van der Waals surface area contributed by atoms with Gasteiger partial charge in [-0.3, -0.25) is 4.79 Å². The summed E-state index contributed by atoms with van der Waals surface area (Å²) in [6.45, 7) is 1.95. The predicted octanol–water partition coefficient (Wildman–Crippen LogP) is 3.83. The quantitative estimate of drug-likeness (QED) is 0.854. The summed E-state index contributed by atoms with van der Waals surface area (Å²) in [5.41, 5.74) is 0.749. The lowest BCUT2D eigenvalue weighted by molar-refractivity contribution is -0.137. The first-order valence-corrected chi connectivity index (χ1v) is 7.47. The van der Waals surface area contributed by atoms with E-state index in [1.54, 1.807) is 18.2 Å². The van der Waals surface area contributed by atoms with Gasteiger partial charge in [-0.2, -0.15) is 13.2 Å². The number of benzene rings is 2. The predicted molar refractivity (Wildman–Crippen MR) is 88.2 cm³/mol. The summed E-state index contributed by atoms with van der Waals surface area (Å²) in [6.07, 6.45) is -4.41. The molecule has 0 aromatic heterocycles. The van der Waals surface area contributed by atoms with Crippen LogP contribution in [0.2, 0.25) is 0 Å². The maximum atomic E-state index is 12.6. The molecule has 0 spiro atoms. The normalized spacial score (nSPS) is 10.6. The molecule has 2 aromatic rings. The number of rotatable bonds is 4. The molecule has 0 saturated heterocycles. The summed E-state index contributed by atoms with van der Waals surface area (Å²) in [5, 5.41) is 2.64. The highest BCUT2D eigenvalue weighted by Crippen LogP contribution is 2.31. The fraction of sp³-hybridized carbons (Fsp3) is 0.211. The maximum absolute atomic E-state index is 12.6. The number of nitrogens with one attached hydrogen (secondary N) is 1. The molecule has 0 bridgehead atoms. The Morgan fingerprint density at radius 3 is 2.60 bits per heavy atom. The van der Waals surface area contributed by atoms with E-state index in [0.717, 1.165) is 17.7 Å². The summed E-state index contributed by atoms with van der Waals surface area (Å²) < 4.78 is 42.9. The van der Waals surface area contributed by atoms with Crippen molar-refractivity contribution in [2.24, 2.45) is 0 Å². The minimum absolute atomic E-state index is 0.0678. The van der Waals surface area contributed by atoms with Crippen molar-refractivity contribution < 1.29 is 22.7 Å². The Hall–Kier alpha value is -2.94. The molecule has 25 heavy (non-hydrogen) atoms. The minimum Gasteiger partial charge on any atom is -0.481 e. The molecule has 0 aliphatic heterocycles. The van der Waals surface area contributed by atoms with Crippen LogP contribution in [0.1, 0.15) is 21.5 Å². The molecule has 0 unspecified atom stereocenters. The lowest BCUT2D eigenvalue weighted by Crippen LogP contribution is -2.23. The highest BCUT2D eigenvalue weighted by Gasteiger charge is 2.30. The molecule has 0 fully saturated rings. The molecule has 2 aromatic carbocycles. The van der Waals surface area contributed by atoms with E-state index in [-0.39, 0.29) is 24.8 Å². The number of hydrogen-bond acceptors (Lipinski definition) is 2. The van der Waals surface area contributed by atoms with Gasteiger partial charge in [-0.25, -0.2) is 0 Å². The van der Waals surface area contributed by atoms with Crippen LogP contribution in [-0.4, -0.2) is 19.1 Å². The van der Waals surface area contributed by atoms with Crippen LogP contribution in [0, 0.1) is 18.8 Å². The van der Waals surface area contributed by atoms with E-state index in [4.69, 9.17) is 4.74 Å². The molecule has 0 aliphatic carbocycles. The van der Waals surface area contributed by atoms with Gasteiger partial charge < -0.3 is 10.1 Å². The van der Waals surface area contributed by atoms with Crippen molar-refractivity contribution in [3.63, 3.8) is 0 Å². The van der Waals surface area contributed by atoms with Crippen molar-refractivity contribution >= 4 is 5.91 Å². The van der Waals surface area contributed by atoms with Crippen molar-refractivity contribution in [2.45, 2.75) is 13.1 Å². The lowest BCUT2D eigenvalue weighted by atomic mass is 10.1. The number of aryl methyl sites for hydroxylation is 1. The van der Waals surface area contributed by atoms with Crippen LogP contribution in [0.5, 0.6) is 5.75 Å². The summed E-state index contributed by atoms with van der Waals surface area (Å²) in [4.78, 5) is 11.9. The number of carbonyl (C=O) groups is 1. The molecule has 0 radical (unpaired) electrons. The first kappa shape index (κ1) is 18.4. The Morgan fingerprint density at radius 2 is 1.88 bits per heavy atom. The maximum Gasteiger partial charge on any atom is 0.416 e. The monoisotopic (exact) mass is 347 g/mol. The van der Waals surface area contributed by atoms with Gasteiger partial charge in [0.05, 0.1) is 12.1 Å². The van der Waals surface area contributed by atoms with Gasteiger partial charge in [0.25, 0.3) is 5.91 Å². The van der Waals surface area contributed by atoms with E-state index in [1.165, 1.54) is 12.1 Å². The summed E-state index contributed by atoms with van der Waals surface area (Å²) in [6, 6.07) is 11.7. The molecule has 130 valence electrons. The van der Waals surface area contributed by atoms with E-state index >= 15 is 0 Å². The number of hydrogen-bond donors (Lipinski definition) is 1. The molecule has 0 aliphatic rings. The Balaban J connectivity index is 1.79. The number of amides is 1. The fourth-order valence-electron chi connectivity index (χ4n) is 2.01. The number of carbonyl (C=O) groups excluding carboxylic acids is 1. The molecule has 0 saturated carbocycles. The van der Waals surface area contributed by atoms with Crippen LogP contribution < -0.4 is 10.1 Å². The largest absolute Gasteiger partial charge is 0.481 e. The Labute approximate surface area is 143 Å². The third-order valence-corrected chi connectivity index (χ3v) is 3.21. The van der Waals surface area contributed by atoms with Gasteiger partial charge in [-0.15, -0.1) is 0 Å². The van der Waals surface area contributed by atoms with Crippen molar-refractivity contribution in [3.8, 4) is 17.6 Å². The van der Waals surface area contributed by atoms with Gasteiger partial charge in [0, 0.05) is 5.56 Å². The first-order chi connectivity index (χ1) is 11.9. The lowest BCUT2D eigenvalue weighted by Gasteiger charge is -2.08. The minimum atomic E-state index is -4.41. The van der Waals surface area contributed by atoms with Gasteiger partial charge in [0.2, 0.25) is 0 Å². The van der Waals surface area contributed by atoms with Crippen LogP contribution in [0.4, 0.5) is 13.2 Å². The first-order valence-electron chi connectivity index (χ1n) is 7.47. The SMILES string of the molecule is Cc1cccc(C(=O)NCC#CCOc2cccc(C(F)(F)F)c2)c1. The smallest absolute Gasteiger partial charge is 0.416 e. The van der Waals surface area contributed by atoms with Crippen LogP contribution >= 0.6 is 0 Å². The van der Waals surface area contributed by atoms with Gasteiger partial charge >= 0.3 is 6.18 Å². The second-order valence-corrected chi connectivity index (χ2v) is 5.22. The summed E-state index contributed by atoms with van der Waals surface area (Å²) in [7, 11) is 0. The van der Waals surface area contributed by atoms with Crippen LogP contribution in [0.3, 0.4) is 0 Å². The van der Waals surface area contributed by atoms with Crippen LogP contribution in [-0.2, 0) is 6.18 Å². The molecule has 0 atom stereocenters. The molecule has 6 heteroatoms. The molecule has 2 rings (SSSR count). The van der Waals surface area contributed by atoms with E-state index in [2.05, 4.69) is 17.2 Å². The number of ether oxygens (including phenoxy) is 1. The van der Waals surface area contributed by atoms with Crippen molar-refractivity contribution in [2.75, 3.05) is 13.2 Å². The van der Waals surface area contributed by atoms with E-state index in [1.807, 2.05) is 13.0 Å². The van der Waals surface area contributed by atoms with E-state index in [9.17, 15) is 18.0 Å². The zero-order valence-corrected chi connectivity index (χ0v) is 13.5. The molecule has 1 N–H and O–H groups in total. The van der Waals surface area contributed by atoms with Crippen molar-refractivity contribution in [3.05, 3.63) is 65.2 Å². The van der Waals surface area contributed by atoms with Gasteiger partial charge in [-0.1, -0.05) is 35.6 Å². The summed E-state index contributed by atoms with van der Waals surface area (Å²) >= 11 is 0. The van der Waals surface area contributed by atoms with Crippen molar-refractivity contribution in [1.29, 1.82) is 0 Å². The summed E-state index contributed by atoms with van der Waals surface area (Å²) in [5.74, 6) is 5.18. The third-order valence-electron chi connectivity index (χ3n) is 3.21. The Bertz CT molecular complexity index is 804. The highest BCUT2D eigenvalue weighted by molar-refractivity contribution is 5.94.